The summed E-state index contributed by atoms with van der Waals surface area (Å²) in [6, 6.07) is 9.55. The minimum absolute atomic E-state index is 0.0773. The molecule has 1 aliphatic rings. The first-order valence-corrected chi connectivity index (χ1v) is 12.5. The summed E-state index contributed by atoms with van der Waals surface area (Å²) in [6.45, 7) is 4.81. The normalized spacial score (nSPS) is 17.1. The Labute approximate surface area is 198 Å². The standard InChI is InChI=1S/C23H27ClN2O6S/c1-5-33(29,30)26-13-17-9-7-6-8-16(17)11-20(26)23(28)32-15(3)22(27)25-19-10-14(2)18(24)12-21(19)31-4/h6-10,12,15,20H,5,11,13H2,1-4H3,(H,25,27)/t15?,20-/m0/s1. The third kappa shape index (κ3) is 5.48. The van der Waals surface area contributed by atoms with Crippen LogP contribution in [0.25, 0.3) is 0 Å². The number of hydrogen-bond donors (Lipinski definition) is 1. The van der Waals surface area contributed by atoms with Crippen LogP contribution in [0.5, 0.6) is 5.75 Å². The second kappa shape index (κ2) is 10.1. The van der Waals surface area contributed by atoms with Gasteiger partial charge in [-0.15, -0.1) is 0 Å². The number of esters is 1. The van der Waals surface area contributed by atoms with E-state index in [1.165, 1.54) is 21.0 Å². The van der Waals surface area contributed by atoms with E-state index < -0.39 is 34.0 Å². The molecule has 0 fully saturated rings. The van der Waals surface area contributed by atoms with Gasteiger partial charge in [0.25, 0.3) is 5.91 Å². The Bertz CT molecular complexity index is 1170. The van der Waals surface area contributed by atoms with E-state index in [2.05, 4.69) is 5.32 Å². The third-order valence-corrected chi connectivity index (χ3v) is 7.84. The van der Waals surface area contributed by atoms with Crippen molar-refractivity contribution < 1.29 is 27.5 Å². The molecule has 3 rings (SSSR count). The summed E-state index contributed by atoms with van der Waals surface area (Å²) >= 11 is 6.10. The van der Waals surface area contributed by atoms with E-state index in [0.29, 0.717) is 16.5 Å². The Balaban J connectivity index is 1.77. The van der Waals surface area contributed by atoms with Crippen LogP contribution in [-0.2, 0) is 37.3 Å². The van der Waals surface area contributed by atoms with E-state index >= 15 is 0 Å². The number of carbonyl (C=O) groups excluding carboxylic acids is 2. The summed E-state index contributed by atoms with van der Waals surface area (Å²) in [6.07, 6.45) is -0.992. The predicted molar refractivity (Wildman–Crippen MR) is 126 cm³/mol. The Morgan fingerprint density at radius 3 is 2.55 bits per heavy atom. The van der Waals surface area contributed by atoms with Gasteiger partial charge < -0.3 is 14.8 Å². The topological polar surface area (TPSA) is 102 Å². The fraction of sp³-hybridized carbons (Fsp3) is 0.391. The molecule has 1 aliphatic heterocycles. The molecule has 33 heavy (non-hydrogen) atoms. The summed E-state index contributed by atoms with van der Waals surface area (Å²) in [5.41, 5.74) is 2.84. The van der Waals surface area contributed by atoms with Crippen LogP contribution in [0.2, 0.25) is 5.02 Å². The molecule has 2 aromatic rings. The highest BCUT2D eigenvalue weighted by atomic mass is 35.5. The van der Waals surface area contributed by atoms with Crippen molar-refractivity contribution in [1.29, 1.82) is 0 Å². The van der Waals surface area contributed by atoms with Crippen LogP contribution in [0.3, 0.4) is 0 Å². The molecule has 10 heteroatoms. The van der Waals surface area contributed by atoms with Crippen LogP contribution in [0.4, 0.5) is 5.69 Å². The summed E-state index contributed by atoms with van der Waals surface area (Å²) in [4.78, 5) is 25.7. The SMILES string of the molecule is CCS(=O)(=O)N1Cc2ccccc2C[C@H]1C(=O)OC(C)C(=O)Nc1cc(C)c(Cl)cc1OC. The van der Waals surface area contributed by atoms with E-state index in [0.717, 1.165) is 21.0 Å². The lowest BCUT2D eigenvalue weighted by atomic mass is 9.96. The molecule has 2 atom stereocenters. The maximum absolute atomic E-state index is 13.0. The predicted octanol–water partition coefficient (Wildman–Crippen LogP) is 3.30. The molecule has 0 spiro atoms. The van der Waals surface area contributed by atoms with Crippen molar-refractivity contribution >= 4 is 39.2 Å². The van der Waals surface area contributed by atoms with E-state index in [-0.39, 0.29) is 18.7 Å². The minimum Gasteiger partial charge on any atom is -0.495 e. The number of nitrogens with one attached hydrogen (secondary N) is 1. The molecule has 0 aliphatic carbocycles. The number of rotatable bonds is 7. The van der Waals surface area contributed by atoms with Gasteiger partial charge in [0.1, 0.15) is 11.8 Å². The van der Waals surface area contributed by atoms with Crippen molar-refractivity contribution in [3.8, 4) is 5.75 Å². The first-order valence-electron chi connectivity index (χ1n) is 10.5. The molecule has 178 valence electrons. The number of fused-ring (bicyclic) bond motifs is 1. The molecular weight excluding hydrogens is 468 g/mol. The van der Waals surface area contributed by atoms with Crippen LogP contribution in [0.15, 0.2) is 36.4 Å². The molecular formula is C23H27ClN2O6S. The average Bonchev–Trinajstić information content (AvgIpc) is 2.80. The van der Waals surface area contributed by atoms with Gasteiger partial charge in [0.05, 0.1) is 18.6 Å². The lowest BCUT2D eigenvalue weighted by Crippen LogP contribution is -2.50. The second-order valence-corrected chi connectivity index (χ2v) is 10.4. The Morgan fingerprint density at radius 1 is 1.24 bits per heavy atom. The van der Waals surface area contributed by atoms with E-state index in [9.17, 15) is 18.0 Å². The van der Waals surface area contributed by atoms with E-state index in [1.807, 2.05) is 24.3 Å². The molecule has 1 unspecified atom stereocenters. The average molecular weight is 495 g/mol. The zero-order chi connectivity index (χ0) is 24.3. The van der Waals surface area contributed by atoms with Gasteiger partial charge in [-0.05, 0) is 43.5 Å². The van der Waals surface area contributed by atoms with Gasteiger partial charge in [0, 0.05) is 24.1 Å². The molecule has 8 nitrogen and oxygen atoms in total. The first kappa shape index (κ1) is 25.0. The summed E-state index contributed by atoms with van der Waals surface area (Å²) in [5.74, 6) is -1.14. The van der Waals surface area contributed by atoms with Crippen molar-refractivity contribution in [2.45, 2.75) is 45.9 Å². The number of aryl methyl sites for hydroxylation is 1. The molecule has 0 saturated carbocycles. The number of hydrogen-bond acceptors (Lipinski definition) is 6. The van der Waals surface area contributed by atoms with Crippen molar-refractivity contribution in [2.24, 2.45) is 0 Å². The highest BCUT2D eigenvalue weighted by Gasteiger charge is 2.40. The fourth-order valence-corrected chi connectivity index (χ4v) is 5.00. The zero-order valence-electron chi connectivity index (χ0n) is 18.9. The molecule has 1 heterocycles. The molecule has 0 radical (unpaired) electrons. The Hall–Kier alpha value is -2.62. The number of halogens is 1. The summed E-state index contributed by atoms with van der Waals surface area (Å²) < 4.78 is 37.2. The monoisotopic (exact) mass is 494 g/mol. The Kier molecular flexibility index (Phi) is 7.66. The maximum atomic E-state index is 13.0. The minimum atomic E-state index is -3.68. The fourth-order valence-electron chi connectivity index (χ4n) is 3.63. The van der Waals surface area contributed by atoms with Gasteiger partial charge in [-0.3, -0.25) is 9.59 Å². The van der Waals surface area contributed by atoms with Crippen molar-refractivity contribution in [3.63, 3.8) is 0 Å². The van der Waals surface area contributed by atoms with Crippen molar-refractivity contribution in [1.82, 2.24) is 4.31 Å². The van der Waals surface area contributed by atoms with E-state index in [1.54, 1.807) is 19.1 Å². The van der Waals surface area contributed by atoms with Crippen molar-refractivity contribution in [3.05, 3.63) is 58.1 Å². The molecule has 2 aromatic carbocycles. The van der Waals surface area contributed by atoms with Gasteiger partial charge in [-0.2, -0.15) is 4.31 Å². The Morgan fingerprint density at radius 2 is 1.91 bits per heavy atom. The molecule has 0 saturated heterocycles. The molecule has 1 amide bonds. The molecule has 1 N–H and O–H groups in total. The largest absolute Gasteiger partial charge is 0.495 e. The lowest BCUT2D eigenvalue weighted by Gasteiger charge is -2.34. The van der Waals surface area contributed by atoms with Crippen LogP contribution in [0, 0.1) is 6.92 Å². The van der Waals surface area contributed by atoms with Crippen LogP contribution < -0.4 is 10.1 Å². The number of anilines is 1. The summed E-state index contributed by atoms with van der Waals surface area (Å²) in [5, 5.41) is 3.16. The number of amides is 1. The molecule has 0 aromatic heterocycles. The van der Waals surface area contributed by atoms with Crippen LogP contribution in [-0.4, -0.2) is 49.6 Å². The number of carbonyl (C=O) groups is 2. The number of benzene rings is 2. The highest BCUT2D eigenvalue weighted by Crippen LogP contribution is 2.31. The number of nitrogens with zero attached hydrogens (tertiary/aromatic N) is 1. The number of sulfonamides is 1. The van der Waals surface area contributed by atoms with Crippen LogP contribution in [0.1, 0.15) is 30.5 Å². The lowest BCUT2D eigenvalue weighted by molar-refractivity contribution is -0.157. The van der Waals surface area contributed by atoms with Gasteiger partial charge in [-0.1, -0.05) is 35.9 Å². The van der Waals surface area contributed by atoms with Gasteiger partial charge in [-0.25, -0.2) is 8.42 Å². The van der Waals surface area contributed by atoms with E-state index in [4.69, 9.17) is 21.1 Å². The third-order valence-electron chi connectivity index (χ3n) is 5.60. The maximum Gasteiger partial charge on any atom is 0.325 e. The quantitative estimate of drug-likeness (QED) is 0.592. The van der Waals surface area contributed by atoms with Gasteiger partial charge >= 0.3 is 5.97 Å². The van der Waals surface area contributed by atoms with Gasteiger partial charge in [0.2, 0.25) is 10.0 Å². The number of methoxy groups -OCH3 is 1. The first-order chi connectivity index (χ1) is 15.6. The van der Waals surface area contributed by atoms with Crippen molar-refractivity contribution in [2.75, 3.05) is 18.2 Å². The zero-order valence-corrected chi connectivity index (χ0v) is 20.5. The van der Waals surface area contributed by atoms with Gasteiger partial charge in [0.15, 0.2) is 6.10 Å². The molecule has 0 bridgehead atoms. The second-order valence-electron chi connectivity index (χ2n) is 7.80. The summed E-state index contributed by atoms with van der Waals surface area (Å²) in [7, 11) is -2.23. The highest BCUT2D eigenvalue weighted by molar-refractivity contribution is 7.89. The number of ether oxygens (including phenoxy) is 2. The smallest absolute Gasteiger partial charge is 0.325 e. The van der Waals surface area contributed by atoms with Crippen LogP contribution >= 0.6 is 11.6 Å².